The van der Waals surface area contributed by atoms with Crippen LogP contribution in [0.3, 0.4) is 0 Å². The first-order valence-electron chi connectivity index (χ1n) is 6.07. The molecule has 7 nitrogen and oxygen atoms in total. The Kier molecular flexibility index (Phi) is 4.21. The highest BCUT2D eigenvalue weighted by Gasteiger charge is 2.21. The van der Waals surface area contributed by atoms with E-state index in [9.17, 15) is 13.2 Å². The van der Waals surface area contributed by atoms with Crippen LogP contribution in [0.25, 0.3) is 10.9 Å². The van der Waals surface area contributed by atoms with E-state index in [2.05, 4.69) is 9.71 Å². The predicted octanol–water partition coefficient (Wildman–Crippen LogP) is 0.267. The Hall–Kier alpha value is -2.03. The second-order valence-corrected chi connectivity index (χ2v) is 6.28. The van der Waals surface area contributed by atoms with E-state index in [1.807, 2.05) is 6.92 Å². The maximum absolute atomic E-state index is 12.2. The van der Waals surface area contributed by atoms with Crippen LogP contribution >= 0.6 is 0 Å². The Morgan fingerprint density at radius 2 is 2.14 bits per heavy atom. The van der Waals surface area contributed by atoms with Crippen LogP contribution < -0.4 is 4.72 Å². The number of aliphatic hydroxyl groups is 1. The number of aromatic nitrogens is 1. The smallest absolute Gasteiger partial charge is 0.333 e. The van der Waals surface area contributed by atoms with Gasteiger partial charge < -0.3 is 10.2 Å². The number of carboxylic acids is 1. The molecule has 0 radical (unpaired) electrons. The minimum absolute atomic E-state index is 0.0578. The lowest BCUT2D eigenvalue weighted by Crippen LogP contribution is -2.36. The molecular formula is C13H14N2O5S. The minimum atomic E-state index is -3.96. The van der Waals surface area contributed by atoms with Crippen molar-refractivity contribution in [2.24, 2.45) is 0 Å². The van der Waals surface area contributed by atoms with E-state index in [1.165, 1.54) is 6.07 Å². The van der Waals surface area contributed by atoms with E-state index in [-0.39, 0.29) is 4.90 Å². The number of para-hydroxylation sites is 1. The summed E-state index contributed by atoms with van der Waals surface area (Å²) in [5.74, 6) is -1.50. The van der Waals surface area contributed by atoms with Crippen molar-refractivity contribution in [3.8, 4) is 0 Å². The average Bonchev–Trinajstić information content (AvgIpc) is 2.43. The van der Waals surface area contributed by atoms with Gasteiger partial charge in [-0.05, 0) is 24.6 Å². The number of fused-ring (bicyclic) bond motifs is 1. The van der Waals surface area contributed by atoms with E-state index in [0.717, 1.165) is 5.56 Å². The number of sulfonamides is 1. The third kappa shape index (κ3) is 3.35. The zero-order valence-corrected chi connectivity index (χ0v) is 12.0. The Bertz CT molecular complexity index is 788. The number of carboxylic acid groups (broad SMARTS) is 1. The molecule has 0 saturated carbocycles. The highest BCUT2D eigenvalue weighted by atomic mass is 32.2. The molecule has 2 aromatic rings. The summed E-state index contributed by atoms with van der Waals surface area (Å²) in [5.41, 5.74) is 1.19. The average molecular weight is 310 g/mol. The molecule has 0 bridgehead atoms. The lowest BCUT2D eigenvalue weighted by atomic mass is 10.2. The van der Waals surface area contributed by atoms with Gasteiger partial charge in [0.05, 0.1) is 5.52 Å². The fourth-order valence-corrected chi connectivity index (χ4v) is 3.03. The van der Waals surface area contributed by atoms with Crippen molar-refractivity contribution in [2.45, 2.75) is 17.9 Å². The second kappa shape index (κ2) is 5.76. The molecule has 0 saturated heterocycles. The van der Waals surface area contributed by atoms with Gasteiger partial charge in [-0.3, -0.25) is 4.98 Å². The molecule has 0 aliphatic carbocycles. The molecule has 1 unspecified atom stereocenters. The molecule has 0 amide bonds. The van der Waals surface area contributed by atoms with Crippen molar-refractivity contribution in [1.29, 1.82) is 0 Å². The van der Waals surface area contributed by atoms with E-state index in [0.29, 0.717) is 10.9 Å². The number of nitrogens with one attached hydrogen (secondary N) is 1. The van der Waals surface area contributed by atoms with Gasteiger partial charge in [-0.1, -0.05) is 12.1 Å². The molecule has 2 rings (SSSR count). The van der Waals surface area contributed by atoms with Crippen LogP contribution in [-0.4, -0.2) is 42.2 Å². The summed E-state index contributed by atoms with van der Waals surface area (Å²) in [4.78, 5) is 14.6. The third-order valence-electron chi connectivity index (χ3n) is 2.85. The van der Waals surface area contributed by atoms with Crippen molar-refractivity contribution in [1.82, 2.24) is 9.71 Å². The summed E-state index contributed by atoms with van der Waals surface area (Å²) in [6, 6.07) is 6.49. The van der Waals surface area contributed by atoms with Crippen LogP contribution in [0, 0.1) is 6.92 Å². The van der Waals surface area contributed by atoms with Gasteiger partial charge >= 0.3 is 5.97 Å². The Balaban J connectivity index is 2.38. The highest BCUT2D eigenvalue weighted by molar-refractivity contribution is 7.89. The standard InChI is InChI=1S/C13H14N2O5S/c1-8-5-9-3-2-4-11(12(9)14-6-8)21(19,20)15-7-10(16)13(17)18/h2-6,10,15-16H,7H2,1H3,(H,17,18). The molecule has 0 fully saturated rings. The van der Waals surface area contributed by atoms with Gasteiger partial charge in [0.15, 0.2) is 6.10 Å². The van der Waals surface area contributed by atoms with E-state index in [1.54, 1.807) is 24.4 Å². The Labute approximate surface area is 121 Å². The van der Waals surface area contributed by atoms with Crippen LogP contribution in [0.5, 0.6) is 0 Å². The Morgan fingerprint density at radius 3 is 2.81 bits per heavy atom. The number of pyridine rings is 1. The molecular weight excluding hydrogens is 296 g/mol. The van der Waals surface area contributed by atoms with Gasteiger partial charge in [0.25, 0.3) is 0 Å². The number of aliphatic carboxylic acids is 1. The number of hydrogen-bond acceptors (Lipinski definition) is 5. The summed E-state index contributed by atoms with van der Waals surface area (Å²) in [5, 5.41) is 18.4. The monoisotopic (exact) mass is 310 g/mol. The zero-order chi connectivity index (χ0) is 15.6. The number of rotatable bonds is 5. The van der Waals surface area contributed by atoms with Crippen molar-refractivity contribution < 1.29 is 23.4 Å². The van der Waals surface area contributed by atoms with Crippen LogP contribution in [0.15, 0.2) is 35.4 Å². The molecule has 1 aromatic heterocycles. The topological polar surface area (TPSA) is 117 Å². The van der Waals surface area contributed by atoms with Gasteiger partial charge in [0, 0.05) is 18.1 Å². The maximum atomic E-state index is 12.2. The largest absolute Gasteiger partial charge is 0.479 e. The minimum Gasteiger partial charge on any atom is -0.479 e. The van der Waals surface area contributed by atoms with Gasteiger partial charge in [-0.25, -0.2) is 17.9 Å². The Morgan fingerprint density at radius 1 is 1.43 bits per heavy atom. The first-order valence-corrected chi connectivity index (χ1v) is 7.55. The first kappa shape index (κ1) is 15.4. The SMILES string of the molecule is Cc1cnc2c(S(=O)(=O)NCC(O)C(=O)O)cccc2c1. The summed E-state index contributed by atoms with van der Waals surface area (Å²) in [6.45, 7) is 1.23. The fourth-order valence-electron chi connectivity index (χ4n) is 1.81. The fraction of sp³-hybridized carbons (Fsp3) is 0.231. The molecule has 21 heavy (non-hydrogen) atoms. The van der Waals surface area contributed by atoms with Gasteiger partial charge in [-0.2, -0.15) is 0 Å². The molecule has 1 aromatic carbocycles. The molecule has 1 heterocycles. The quantitative estimate of drug-likeness (QED) is 0.729. The summed E-state index contributed by atoms with van der Waals surface area (Å²) in [7, 11) is -3.96. The van der Waals surface area contributed by atoms with E-state index < -0.39 is 28.6 Å². The van der Waals surface area contributed by atoms with Crippen molar-refractivity contribution in [2.75, 3.05) is 6.54 Å². The van der Waals surface area contributed by atoms with Crippen molar-refractivity contribution in [3.05, 3.63) is 36.0 Å². The number of benzene rings is 1. The van der Waals surface area contributed by atoms with Gasteiger partial charge in [0.2, 0.25) is 10.0 Å². The number of aryl methyl sites for hydroxylation is 1. The van der Waals surface area contributed by atoms with Crippen LogP contribution in [0.1, 0.15) is 5.56 Å². The number of nitrogens with zero attached hydrogens (tertiary/aromatic N) is 1. The van der Waals surface area contributed by atoms with Crippen LogP contribution in [0.2, 0.25) is 0 Å². The number of hydrogen-bond donors (Lipinski definition) is 3. The van der Waals surface area contributed by atoms with Crippen LogP contribution in [0.4, 0.5) is 0 Å². The van der Waals surface area contributed by atoms with Gasteiger partial charge in [-0.15, -0.1) is 0 Å². The number of carbonyl (C=O) groups is 1. The van der Waals surface area contributed by atoms with Crippen molar-refractivity contribution in [3.63, 3.8) is 0 Å². The summed E-state index contributed by atoms with van der Waals surface area (Å²) in [6.07, 6.45) is -0.252. The summed E-state index contributed by atoms with van der Waals surface area (Å²) < 4.78 is 26.5. The maximum Gasteiger partial charge on any atom is 0.333 e. The molecule has 8 heteroatoms. The predicted molar refractivity (Wildman–Crippen MR) is 75.3 cm³/mol. The first-order chi connectivity index (χ1) is 9.81. The zero-order valence-electron chi connectivity index (χ0n) is 11.1. The van der Waals surface area contributed by atoms with Crippen LogP contribution in [-0.2, 0) is 14.8 Å². The lowest BCUT2D eigenvalue weighted by molar-refractivity contribution is -0.146. The molecule has 0 aliphatic rings. The molecule has 112 valence electrons. The number of aliphatic hydroxyl groups excluding tert-OH is 1. The summed E-state index contributed by atoms with van der Waals surface area (Å²) >= 11 is 0. The highest BCUT2D eigenvalue weighted by Crippen LogP contribution is 2.21. The molecule has 1 atom stereocenters. The molecule has 0 spiro atoms. The third-order valence-corrected chi connectivity index (χ3v) is 4.31. The second-order valence-electron chi connectivity index (χ2n) is 4.55. The molecule has 3 N–H and O–H groups in total. The van der Waals surface area contributed by atoms with E-state index >= 15 is 0 Å². The van der Waals surface area contributed by atoms with Crippen molar-refractivity contribution >= 4 is 26.9 Å². The normalized spacial score (nSPS) is 13.2. The lowest BCUT2D eigenvalue weighted by Gasteiger charge is -2.10. The molecule has 0 aliphatic heterocycles. The van der Waals surface area contributed by atoms with Gasteiger partial charge in [0.1, 0.15) is 4.90 Å². The van der Waals surface area contributed by atoms with E-state index in [4.69, 9.17) is 10.2 Å².